The molecule has 0 saturated carbocycles. The predicted octanol–water partition coefficient (Wildman–Crippen LogP) is 5.26. The van der Waals surface area contributed by atoms with Crippen LogP contribution in [-0.2, 0) is 4.79 Å². The van der Waals surface area contributed by atoms with Gasteiger partial charge >= 0.3 is 0 Å². The molecule has 4 rings (SSSR count). The highest BCUT2D eigenvalue weighted by atomic mass is 16.5. The Morgan fingerprint density at radius 2 is 1.60 bits per heavy atom. The van der Waals surface area contributed by atoms with Gasteiger partial charge in [0.2, 0.25) is 5.91 Å². The fraction of sp³-hybridized carbons (Fsp3) is 0.125. The number of carbonyl (C=O) groups is 1. The molecule has 0 radical (unpaired) electrons. The normalized spacial score (nSPS) is 11.2. The number of hydrogen-bond donors (Lipinski definition) is 1. The first kappa shape index (κ1) is 19.4. The second-order valence-electron chi connectivity index (χ2n) is 6.58. The summed E-state index contributed by atoms with van der Waals surface area (Å²) in [4.78, 5) is 12.5. The maximum atomic E-state index is 12.5. The van der Waals surface area contributed by atoms with Crippen LogP contribution in [0.25, 0.3) is 28.0 Å². The highest BCUT2D eigenvalue weighted by molar-refractivity contribution is 6.09. The summed E-state index contributed by atoms with van der Waals surface area (Å²) in [5, 5.41) is 4.78. The van der Waals surface area contributed by atoms with Crippen LogP contribution in [0.15, 0.2) is 65.1 Å². The van der Waals surface area contributed by atoms with Crippen molar-refractivity contribution < 1.29 is 23.4 Å². The Morgan fingerprint density at radius 3 is 2.37 bits per heavy atom. The number of furan rings is 1. The molecule has 4 aromatic rings. The SMILES string of the molecule is COc1cc2c(cc1NC(=O)/C=C/c1ccc(OC)c(OC)c1)oc1ccccc12. The van der Waals surface area contributed by atoms with Gasteiger partial charge in [-0.3, -0.25) is 4.79 Å². The molecule has 0 bridgehead atoms. The fourth-order valence-corrected chi connectivity index (χ4v) is 3.32. The van der Waals surface area contributed by atoms with Gasteiger partial charge in [0.05, 0.1) is 27.0 Å². The van der Waals surface area contributed by atoms with E-state index in [1.807, 2.05) is 36.4 Å². The second-order valence-corrected chi connectivity index (χ2v) is 6.58. The zero-order chi connectivity index (χ0) is 21.1. The van der Waals surface area contributed by atoms with E-state index >= 15 is 0 Å². The van der Waals surface area contributed by atoms with Crippen LogP contribution in [-0.4, -0.2) is 27.2 Å². The van der Waals surface area contributed by atoms with Crippen molar-refractivity contribution in [2.75, 3.05) is 26.6 Å². The lowest BCUT2D eigenvalue weighted by molar-refractivity contribution is -0.111. The summed E-state index contributed by atoms with van der Waals surface area (Å²) in [5.41, 5.74) is 2.80. The molecule has 0 saturated heterocycles. The number of hydrogen-bond acceptors (Lipinski definition) is 5. The Morgan fingerprint density at radius 1 is 0.833 bits per heavy atom. The first-order chi connectivity index (χ1) is 14.6. The first-order valence-electron chi connectivity index (χ1n) is 9.33. The number of nitrogens with one attached hydrogen (secondary N) is 1. The zero-order valence-corrected chi connectivity index (χ0v) is 16.9. The molecule has 1 aromatic heterocycles. The average Bonchev–Trinajstić information content (AvgIpc) is 3.14. The Labute approximate surface area is 173 Å². The summed E-state index contributed by atoms with van der Waals surface area (Å²) < 4.78 is 21.9. The van der Waals surface area contributed by atoms with E-state index in [4.69, 9.17) is 18.6 Å². The standard InChI is InChI=1S/C24H21NO5/c1-27-20-10-8-15(12-23(20)29-3)9-11-24(26)25-18-14-21-17(13-22(18)28-2)16-6-4-5-7-19(16)30-21/h4-14H,1-3H3,(H,25,26)/b11-9+. The Hall–Kier alpha value is -3.93. The van der Waals surface area contributed by atoms with Gasteiger partial charge in [-0.05, 0) is 35.9 Å². The van der Waals surface area contributed by atoms with E-state index in [0.29, 0.717) is 28.5 Å². The second kappa shape index (κ2) is 8.21. The third-order valence-electron chi connectivity index (χ3n) is 4.79. The van der Waals surface area contributed by atoms with Crippen LogP contribution >= 0.6 is 0 Å². The van der Waals surface area contributed by atoms with E-state index < -0.39 is 0 Å². The van der Waals surface area contributed by atoms with E-state index in [2.05, 4.69) is 5.32 Å². The molecule has 0 atom stereocenters. The van der Waals surface area contributed by atoms with Gasteiger partial charge in [0.15, 0.2) is 11.5 Å². The predicted molar refractivity (Wildman–Crippen MR) is 117 cm³/mol. The van der Waals surface area contributed by atoms with Crippen molar-refractivity contribution in [2.45, 2.75) is 0 Å². The Balaban J connectivity index is 1.59. The van der Waals surface area contributed by atoms with Crippen LogP contribution in [0.1, 0.15) is 5.56 Å². The molecule has 0 aliphatic rings. The van der Waals surface area contributed by atoms with E-state index in [9.17, 15) is 4.79 Å². The number of methoxy groups -OCH3 is 3. The van der Waals surface area contributed by atoms with Crippen LogP contribution < -0.4 is 19.5 Å². The minimum absolute atomic E-state index is 0.293. The third kappa shape index (κ3) is 3.67. The average molecular weight is 403 g/mol. The molecule has 0 aliphatic heterocycles. The molecule has 0 aliphatic carbocycles. The molecular formula is C24H21NO5. The van der Waals surface area contributed by atoms with Crippen molar-refractivity contribution in [1.82, 2.24) is 0 Å². The van der Waals surface area contributed by atoms with Gasteiger partial charge < -0.3 is 23.9 Å². The van der Waals surface area contributed by atoms with Gasteiger partial charge in [-0.2, -0.15) is 0 Å². The molecule has 1 amide bonds. The fourth-order valence-electron chi connectivity index (χ4n) is 3.32. The van der Waals surface area contributed by atoms with Crippen molar-refractivity contribution in [2.24, 2.45) is 0 Å². The zero-order valence-electron chi connectivity index (χ0n) is 16.9. The molecule has 152 valence electrons. The molecule has 30 heavy (non-hydrogen) atoms. The van der Waals surface area contributed by atoms with Gasteiger partial charge in [-0.1, -0.05) is 24.3 Å². The molecule has 6 nitrogen and oxygen atoms in total. The number of rotatable bonds is 6. The van der Waals surface area contributed by atoms with E-state index in [1.54, 1.807) is 45.6 Å². The molecule has 1 heterocycles. The van der Waals surface area contributed by atoms with Crippen molar-refractivity contribution in [1.29, 1.82) is 0 Å². The van der Waals surface area contributed by atoms with Crippen LogP contribution in [0.4, 0.5) is 5.69 Å². The Bertz CT molecular complexity index is 1260. The van der Waals surface area contributed by atoms with E-state index in [-0.39, 0.29) is 5.91 Å². The number of fused-ring (bicyclic) bond motifs is 3. The Kier molecular flexibility index (Phi) is 5.30. The highest BCUT2D eigenvalue weighted by Gasteiger charge is 2.13. The first-order valence-corrected chi connectivity index (χ1v) is 9.33. The maximum Gasteiger partial charge on any atom is 0.248 e. The minimum atomic E-state index is -0.293. The van der Waals surface area contributed by atoms with Crippen molar-refractivity contribution >= 4 is 39.6 Å². The summed E-state index contributed by atoms with van der Waals surface area (Å²) >= 11 is 0. The summed E-state index contributed by atoms with van der Waals surface area (Å²) in [7, 11) is 4.71. The van der Waals surface area contributed by atoms with E-state index in [1.165, 1.54) is 6.08 Å². The number of carbonyl (C=O) groups excluding carboxylic acids is 1. The lowest BCUT2D eigenvalue weighted by Gasteiger charge is -2.09. The van der Waals surface area contributed by atoms with Gasteiger partial charge in [-0.15, -0.1) is 0 Å². The number of ether oxygens (including phenoxy) is 3. The number of benzene rings is 3. The third-order valence-corrected chi connectivity index (χ3v) is 4.79. The summed E-state index contributed by atoms with van der Waals surface area (Å²) in [6.07, 6.45) is 3.15. The van der Waals surface area contributed by atoms with Crippen molar-refractivity contribution in [3.63, 3.8) is 0 Å². The van der Waals surface area contributed by atoms with Gasteiger partial charge in [-0.25, -0.2) is 0 Å². The van der Waals surface area contributed by atoms with Crippen LogP contribution in [0.2, 0.25) is 0 Å². The summed E-state index contributed by atoms with van der Waals surface area (Å²) in [6, 6.07) is 16.8. The maximum absolute atomic E-state index is 12.5. The molecule has 3 aromatic carbocycles. The topological polar surface area (TPSA) is 69.9 Å². The van der Waals surface area contributed by atoms with Crippen LogP contribution in [0.5, 0.6) is 17.2 Å². The number of anilines is 1. The largest absolute Gasteiger partial charge is 0.495 e. The van der Waals surface area contributed by atoms with Gasteiger partial charge in [0.1, 0.15) is 16.9 Å². The van der Waals surface area contributed by atoms with Crippen molar-refractivity contribution in [3.05, 3.63) is 66.2 Å². The number of para-hydroxylation sites is 1. The monoisotopic (exact) mass is 403 g/mol. The van der Waals surface area contributed by atoms with Crippen molar-refractivity contribution in [3.8, 4) is 17.2 Å². The number of amides is 1. The smallest absolute Gasteiger partial charge is 0.248 e. The summed E-state index contributed by atoms with van der Waals surface area (Å²) in [6.45, 7) is 0. The van der Waals surface area contributed by atoms with Gasteiger partial charge in [0.25, 0.3) is 0 Å². The minimum Gasteiger partial charge on any atom is -0.495 e. The molecule has 0 fully saturated rings. The van der Waals surface area contributed by atoms with Crippen LogP contribution in [0, 0.1) is 0 Å². The summed E-state index contributed by atoms with van der Waals surface area (Å²) in [5.74, 6) is 1.49. The van der Waals surface area contributed by atoms with Gasteiger partial charge in [0, 0.05) is 22.9 Å². The highest BCUT2D eigenvalue weighted by Crippen LogP contribution is 2.36. The quantitative estimate of drug-likeness (QED) is 0.445. The molecule has 6 heteroatoms. The molecule has 0 unspecified atom stereocenters. The molecular weight excluding hydrogens is 382 g/mol. The molecule has 0 spiro atoms. The molecule has 1 N–H and O–H groups in total. The van der Waals surface area contributed by atoms with E-state index in [0.717, 1.165) is 21.9 Å². The lowest BCUT2D eigenvalue weighted by Crippen LogP contribution is -2.08. The van der Waals surface area contributed by atoms with Crippen LogP contribution in [0.3, 0.4) is 0 Å². The lowest BCUT2D eigenvalue weighted by atomic mass is 10.1.